The molecule has 0 unspecified atom stereocenters. The van der Waals surface area contributed by atoms with E-state index in [0.29, 0.717) is 11.6 Å². The summed E-state index contributed by atoms with van der Waals surface area (Å²) in [5, 5.41) is 0. The van der Waals surface area contributed by atoms with E-state index in [2.05, 4.69) is 41.3 Å². The molecule has 1 aromatic carbocycles. The van der Waals surface area contributed by atoms with Crippen LogP contribution in [0, 0.1) is 0 Å². The number of carbonyl (C=O) groups is 2. The topological polar surface area (TPSA) is 43.9 Å². The Labute approximate surface area is 167 Å². The molecule has 2 saturated heterocycles. The van der Waals surface area contributed by atoms with Gasteiger partial charge in [0.05, 0.1) is 11.6 Å². The molecule has 2 amide bonds. The molecule has 2 aliphatic rings. The predicted octanol–water partition coefficient (Wildman–Crippen LogP) is 2.59. The van der Waals surface area contributed by atoms with Crippen molar-refractivity contribution in [2.75, 3.05) is 44.4 Å². The quantitative estimate of drug-likeness (QED) is 0.773. The number of piperazine rings is 1. The maximum Gasteiger partial charge on any atom is 0.242 e. The highest BCUT2D eigenvalue weighted by Gasteiger charge is 2.27. The van der Waals surface area contributed by atoms with Crippen molar-refractivity contribution in [1.29, 1.82) is 0 Å². The smallest absolute Gasteiger partial charge is 0.242 e. The molecule has 5 nitrogen and oxygen atoms in total. The first kappa shape index (κ1) is 18.5. The number of thiophene rings is 1. The lowest BCUT2D eigenvalue weighted by Crippen LogP contribution is -2.51. The van der Waals surface area contributed by atoms with Crippen molar-refractivity contribution in [3.8, 4) is 10.4 Å². The normalized spacial score (nSPS) is 18.3. The van der Waals surface area contributed by atoms with Crippen LogP contribution in [-0.4, -0.2) is 70.9 Å². The van der Waals surface area contributed by atoms with Crippen LogP contribution in [0.1, 0.15) is 4.88 Å². The second kappa shape index (κ2) is 8.46. The van der Waals surface area contributed by atoms with Crippen LogP contribution in [0.3, 0.4) is 0 Å². The number of hydrogen-bond acceptors (Lipinski definition) is 5. The van der Waals surface area contributed by atoms with Crippen molar-refractivity contribution < 1.29 is 9.59 Å². The first-order valence-electron chi connectivity index (χ1n) is 9.19. The number of amides is 2. The highest BCUT2D eigenvalue weighted by molar-refractivity contribution is 8.00. The van der Waals surface area contributed by atoms with Crippen LogP contribution in [0.5, 0.6) is 0 Å². The predicted molar refractivity (Wildman–Crippen MR) is 111 cm³/mol. The summed E-state index contributed by atoms with van der Waals surface area (Å²) in [5.74, 6) is 1.31. The monoisotopic (exact) mass is 401 g/mol. The van der Waals surface area contributed by atoms with Crippen LogP contribution in [0.4, 0.5) is 0 Å². The highest BCUT2D eigenvalue weighted by Crippen LogP contribution is 2.28. The number of nitrogens with zero attached hydrogens (tertiary/aromatic N) is 3. The molecular formula is C20H23N3O2S2. The van der Waals surface area contributed by atoms with Crippen LogP contribution in [0.2, 0.25) is 0 Å². The van der Waals surface area contributed by atoms with Crippen LogP contribution in [0.25, 0.3) is 10.4 Å². The Hall–Kier alpha value is -1.83. The minimum atomic E-state index is 0.0768. The van der Waals surface area contributed by atoms with E-state index in [9.17, 15) is 9.59 Å². The van der Waals surface area contributed by atoms with Gasteiger partial charge < -0.3 is 9.80 Å². The Morgan fingerprint density at radius 3 is 2.48 bits per heavy atom. The lowest BCUT2D eigenvalue weighted by molar-refractivity contribution is -0.139. The molecule has 2 aromatic rings. The summed E-state index contributed by atoms with van der Waals surface area (Å²) in [6.07, 6.45) is 0. The summed E-state index contributed by atoms with van der Waals surface area (Å²) in [5.41, 5.74) is 1.26. The number of carbonyl (C=O) groups excluding carboxylic acids is 2. The molecule has 0 N–H and O–H groups in total. The van der Waals surface area contributed by atoms with E-state index < -0.39 is 0 Å². The molecule has 0 aliphatic carbocycles. The largest absolute Gasteiger partial charge is 0.339 e. The van der Waals surface area contributed by atoms with E-state index in [0.717, 1.165) is 32.7 Å². The van der Waals surface area contributed by atoms with E-state index in [4.69, 9.17) is 0 Å². The van der Waals surface area contributed by atoms with Crippen molar-refractivity contribution in [3.05, 3.63) is 47.3 Å². The average Bonchev–Trinajstić information content (AvgIpc) is 3.32. The summed E-state index contributed by atoms with van der Waals surface area (Å²) < 4.78 is 0. The number of thioether (sulfide) groups is 1. The maximum atomic E-state index is 12.4. The molecule has 2 aliphatic heterocycles. The summed E-state index contributed by atoms with van der Waals surface area (Å²) in [7, 11) is 0. The van der Waals surface area contributed by atoms with Gasteiger partial charge in [0.1, 0.15) is 6.54 Å². The van der Waals surface area contributed by atoms with Crippen molar-refractivity contribution in [2.24, 2.45) is 0 Å². The summed E-state index contributed by atoms with van der Waals surface area (Å²) >= 11 is 3.42. The summed E-state index contributed by atoms with van der Waals surface area (Å²) in [6, 6.07) is 14.9. The van der Waals surface area contributed by atoms with Gasteiger partial charge in [0.25, 0.3) is 0 Å². The van der Waals surface area contributed by atoms with Gasteiger partial charge in [-0.05, 0) is 17.7 Å². The molecule has 7 heteroatoms. The van der Waals surface area contributed by atoms with E-state index in [1.165, 1.54) is 15.3 Å². The van der Waals surface area contributed by atoms with Gasteiger partial charge >= 0.3 is 0 Å². The van der Waals surface area contributed by atoms with E-state index in [1.54, 1.807) is 16.7 Å². The number of hydrogen-bond donors (Lipinski definition) is 0. The van der Waals surface area contributed by atoms with Gasteiger partial charge in [-0.15, -0.1) is 23.1 Å². The molecule has 0 spiro atoms. The minimum absolute atomic E-state index is 0.0768. The van der Waals surface area contributed by atoms with Gasteiger partial charge in [-0.3, -0.25) is 14.5 Å². The van der Waals surface area contributed by atoms with Crippen LogP contribution in [-0.2, 0) is 16.1 Å². The number of benzene rings is 1. The first-order valence-corrected chi connectivity index (χ1v) is 11.2. The molecule has 1 aromatic heterocycles. The molecule has 27 heavy (non-hydrogen) atoms. The second-order valence-electron chi connectivity index (χ2n) is 6.86. The Bertz CT molecular complexity index is 801. The number of rotatable bonds is 5. The van der Waals surface area contributed by atoms with Gasteiger partial charge in [0.2, 0.25) is 11.8 Å². The second-order valence-corrected chi connectivity index (χ2v) is 8.98. The third-order valence-electron chi connectivity index (χ3n) is 4.98. The van der Waals surface area contributed by atoms with E-state index in [1.807, 2.05) is 22.3 Å². The molecule has 142 valence electrons. The average molecular weight is 402 g/mol. The Balaban J connectivity index is 1.27. The lowest BCUT2D eigenvalue weighted by Gasteiger charge is -2.35. The Kier molecular flexibility index (Phi) is 5.80. The standard InChI is InChI=1S/C20H23N3O2S2/c24-19(13-23-15-26-14-20(23)25)22-10-8-21(9-11-22)12-17-6-7-18(27-17)16-4-2-1-3-5-16/h1-7H,8-15H2. The fraction of sp³-hybridized carbons (Fsp3) is 0.400. The van der Waals surface area contributed by atoms with Gasteiger partial charge in [-0.1, -0.05) is 30.3 Å². The lowest BCUT2D eigenvalue weighted by atomic mass is 10.2. The molecular weight excluding hydrogens is 378 g/mol. The minimum Gasteiger partial charge on any atom is -0.339 e. The summed E-state index contributed by atoms with van der Waals surface area (Å²) in [6.45, 7) is 4.41. The molecule has 3 heterocycles. The Morgan fingerprint density at radius 2 is 1.78 bits per heavy atom. The third kappa shape index (κ3) is 4.54. The van der Waals surface area contributed by atoms with Crippen molar-refractivity contribution >= 4 is 34.9 Å². The van der Waals surface area contributed by atoms with Crippen LogP contribution < -0.4 is 0 Å². The van der Waals surface area contributed by atoms with Gasteiger partial charge in [0, 0.05) is 42.5 Å². The van der Waals surface area contributed by atoms with E-state index >= 15 is 0 Å². The third-order valence-corrected chi connectivity index (χ3v) is 7.04. The molecule has 4 rings (SSSR count). The van der Waals surface area contributed by atoms with Crippen molar-refractivity contribution in [2.45, 2.75) is 6.54 Å². The van der Waals surface area contributed by atoms with Crippen LogP contribution in [0.15, 0.2) is 42.5 Å². The zero-order valence-electron chi connectivity index (χ0n) is 15.2. The fourth-order valence-electron chi connectivity index (χ4n) is 3.40. The fourth-order valence-corrected chi connectivity index (χ4v) is 5.36. The van der Waals surface area contributed by atoms with Crippen LogP contribution >= 0.6 is 23.1 Å². The first-order chi connectivity index (χ1) is 13.2. The molecule has 0 atom stereocenters. The SMILES string of the molecule is O=C(CN1CSCC1=O)N1CCN(Cc2ccc(-c3ccccc3)s2)CC1. The van der Waals surface area contributed by atoms with Gasteiger partial charge in [-0.25, -0.2) is 0 Å². The summed E-state index contributed by atoms with van der Waals surface area (Å²) in [4.78, 5) is 32.7. The molecule has 0 radical (unpaired) electrons. The maximum absolute atomic E-state index is 12.4. The zero-order valence-corrected chi connectivity index (χ0v) is 16.8. The van der Waals surface area contributed by atoms with Crippen molar-refractivity contribution in [1.82, 2.24) is 14.7 Å². The van der Waals surface area contributed by atoms with E-state index in [-0.39, 0.29) is 18.4 Å². The van der Waals surface area contributed by atoms with Gasteiger partial charge in [0.15, 0.2) is 0 Å². The Morgan fingerprint density at radius 1 is 1.00 bits per heavy atom. The molecule has 2 fully saturated rings. The molecule has 0 saturated carbocycles. The highest BCUT2D eigenvalue weighted by atomic mass is 32.2. The van der Waals surface area contributed by atoms with Crippen molar-refractivity contribution in [3.63, 3.8) is 0 Å². The van der Waals surface area contributed by atoms with Gasteiger partial charge in [-0.2, -0.15) is 0 Å². The molecule has 0 bridgehead atoms. The zero-order chi connectivity index (χ0) is 18.6.